The lowest BCUT2D eigenvalue weighted by Crippen LogP contribution is -1.93. The quantitative estimate of drug-likeness (QED) is 0.577. The SMILES string of the molecule is O=C(/C=C/c1ccncc1)c1ccncc1. The molecule has 0 fully saturated rings. The summed E-state index contributed by atoms with van der Waals surface area (Å²) in [6.45, 7) is 0. The van der Waals surface area contributed by atoms with Crippen LogP contribution in [0, 0.1) is 0 Å². The van der Waals surface area contributed by atoms with E-state index in [1.54, 1.807) is 49.1 Å². The van der Waals surface area contributed by atoms with Gasteiger partial charge in [0.05, 0.1) is 0 Å². The minimum atomic E-state index is -0.0285. The maximum absolute atomic E-state index is 11.7. The van der Waals surface area contributed by atoms with E-state index in [2.05, 4.69) is 9.97 Å². The molecule has 2 aromatic heterocycles. The highest BCUT2D eigenvalue weighted by atomic mass is 16.1. The third-order valence-corrected chi connectivity index (χ3v) is 2.10. The predicted molar refractivity (Wildman–Crippen MR) is 61.8 cm³/mol. The largest absolute Gasteiger partial charge is 0.289 e. The second-order valence-corrected chi connectivity index (χ2v) is 3.21. The first-order valence-electron chi connectivity index (χ1n) is 4.89. The van der Waals surface area contributed by atoms with Crippen molar-refractivity contribution in [1.82, 2.24) is 9.97 Å². The average Bonchev–Trinajstić information content (AvgIpc) is 2.38. The van der Waals surface area contributed by atoms with E-state index in [4.69, 9.17) is 0 Å². The average molecular weight is 210 g/mol. The Kier molecular flexibility index (Phi) is 3.18. The van der Waals surface area contributed by atoms with Crippen LogP contribution in [-0.4, -0.2) is 15.8 Å². The predicted octanol–water partition coefficient (Wildman–Crippen LogP) is 2.37. The Hall–Kier alpha value is -2.29. The van der Waals surface area contributed by atoms with Crippen LogP contribution in [0.5, 0.6) is 0 Å². The van der Waals surface area contributed by atoms with E-state index in [-0.39, 0.29) is 5.78 Å². The molecule has 0 spiro atoms. The van der Waals surface area contributed by atoms with E-state index < -0.39 is 0 Å². The molecule has 2 rings (SSSR count). The van der Waals surface area contributed by atoms with Crippen LogP contribution >= 0.6 is 0 Å². The summed E-state index contributed by atoms with van der Waals surface area (Å²) in [7, 11) is 0. The van der Waals surface area contributed by atoms with Crippen LogP contribution < -0.4 is 0 Å². The number of pyridine rings is 2. The molecule has 0 atom stereocenters. The fourth-order valence-electron chi connectivity index (χ4n) is 1.26. The highest BCUT2D eigenvalue weighted by molar-refractivity contribution is 6.06. The zero-order chi connectivity index (χ0) is 11.2. The zero-order valence-corrected chi connectivity index (χ0v) is 8.58. The van der Waals surface area contributed by atoms with Gasteiger partial charge in [-0.1, -0.05) is 6.08 Å². The highest BCUT2D eigenvalue weighted by Crippen LogP contribution is 2.03. The number of carbonyl (C=O) groups is 1. The summed E-state index contributed by atoms with van der Waals surface area (Å²) in [6, 6.07) is 7.07. The Morgan fingerprint density at radius 3 is 2.12 bits per heavy atom. The van der Waals surface area contributed by atoms with Gasteiger partial charge in [0.25, 0.3) is 0 Å². The highest BCUT2D eigenvalue weighted by Gasteiger charge is 1.99. The van der Waals surface area contributed by atoms with Crippen molar-refractivity contribution in [3.8, 4) is 0 Å². The third kappa shape index (κ3) is 2.60. The molecule has 0 amide bonds. The molecule has 0 N–H and O–H groups in total. The number of hydrogen-bond donors (Lipinski definition) is 0. The van der Waals surface area contributed by atoms with Gasteiger partial charge >= 0.3 is 0 Å². The maximum Gasteiger partial charge on any atom is 0.185 e. The van der Waals surface area contributed by atoms with Gasteiger partial charge in [0.2, 0.25) is 0 Å². The van der Waals surface area contributed by atoms with Crippen LogP contribution in [0.4, 0.5) is 0 Å². The van der Waals surface area contributed by atoms with Crippen molar-refractivity contribution in [2.24, 2.45) is 0 Å². The minimum Gasteiger partial charge on any atom is -0.289 e. The molecule has 2 heterocycles. The molecule has 0 radical (unpaired) electrons. The second-order valence-electron chi connectivity index (χ2n) is 3.21. The first kappa shape index (κ1) is 10.2. The molecule has 3 nitrogen and oxygen atoms in total. The number of aromatic nitrogens is 2. The van der Waals surface area contributed by atoms with Crippen LogP contribution in [0.25, 0.3) is 6.08 Å². The molecule has 0 bridgehead atoms. The van der Waals surface area contributed by atoms with E-state index in [0.29, 0.717) is 5.56 Å². The van der Waals surface area contributed by atoms with Gasteiger partial charge in [0, 0.05) is 30.4 Å². The van der Waals surface area contributed by atoms with Gasteiger partial charge in [-0.3, -0.25) is 14.8 Å². The first-order valence-corrected chi connectivity index (χ1v) is 4.89. The Labute approximate surface area is 93.5 Å². The van der Waals surface area contributed by atoms with Gasteiger partial charge in [0.15, 0.2) is 5.78 Å². The number of allylic oxidation sites excluding steroid dienone is 1. The van der Waals surface area contributed by atoms with Crippen molar-refractivity contribution in [1.29, 1.82) is 0 Å². The van der Waals surface area contributed by atoms with Crippen LogP contribution in [-0.2, 0) is 0 Å². The monoisotopic (exact) mass is 210 g/mol. The van der Waals surface area contributed by atoms with Gasteiger partial charge in [-0.05, 0) is 35.9 Å². The molecule has 0 unspecified atom stereocenters. The molecule has 0 aliphatic carbocycles. The van der Waals surface area contributed by atoms with Crippen LogP contribution in [0.2, 0.25) is 0 Å². The normalized spacial score (nSPS) is 10.5. The lowest BCUT2D eigenvalue weighted by molar-refractivity contribution is 0.104. The lowest BCUT2D eigenvalue weighted by Gasteiger charge is -1.94. The van der Waals surface area contributed by atoms with E-state index in [1.165, 1.54) is 0 Å². The van der Waals surface area contributed by atoms with E-state index in [9.17, 15) is 4.79 Å². The van der Waals surface area contributed by atoms with Crippen molar-refractivity contribution in [2.45, 2.75) is 0 Å². The number of nitrogens with zero attached hydrogens (tertiary/aromatic N) is 2. The summed E-state index contributed by atoms with van der Waals surface area (Å²) in [5, 5.41) is 0. The Balaban J connectivity index is 2.12. The van der Waals surface area contributed by atoms with Gasteiger partial charge in [0.1, 0.15) is 0 Å². The summed E-state index contributed by atoms with van der Waals surface area (Å²) >= 11 is 0. The molecule has 0 aliphatic rings. The van der Waals surface area contributed by atoms with Crippen molar-refractivity contribution in [3.63, 3.8) is 0 Å². The van der Waals surface area contributed by atoms with Gasteiger partial charge in [-0.15, -0.1) is 0 Å². The molecule has 78 valence electrons. The molecule has 0 aliphatic heterocycles. The van der Waals surface area contributed by atoms with Crippen LogP contribution in [0.3, 0.4) is 0 Å². The van der Waals surface area contributed by atoms with Crippen LogP contribution in [0.1, 0.15) is 15.9 Å². The second kappa shape index (κ2) is 4.98. The topological polar surface area (TPSA) is 42.9 Å². The maximum atomic E-state index is 11.7. The van der Waals surface area contributed by atoms with Gasteiger partial charge in [-0.25, -0.2) is 0 Å². The van der Waals surface area contributed by atoms with E-state index >= 15 is 0 Å². The van der Waals surface area contributed by atoms with Crippen molar-refractivity contribution >= 4 is 11.9 Å². The molecular formula is C13H10N2O. The lowest BCUT2D eigenvalue weighted by atomic mass is 10.1. The van der Waals surface area contributed by atoms with Crippen molar-refractivity contribution < 1.29 is 4.79 Å². The van der Waals surface area contributed by atoms with E-state index in [1.807, 2.05) is 12.1 Å². The molecule has 0 saturated carbocycles. The number of ketones is 1. The fraction of sp³-hybridized carbons (Fsp3) is 0. The first-order chi connectivity index (χ1) is 7.86. The number of rotatable bonds is 3. The Bertz CT molecular complexity index is 492. The molecule has 16 heavy (non-hydrogen) atoms. The standard InChI is InChI=1S/C13H10N2O/c16-13(12-5-9-15-10-6-12)2-1-11-3-7-14-8-4-11/h1-10H/b2-1+. The molecule has 3 heteroatoms. The third-order valence-electron chi connectivity index (χ3n) is 2.10. The number of hydrogen-bond acceptors (Lipinski definition) is 3. The summed E-state index contributed by atoms with van der Waals surface area (Å²) in [6.07, 6.45) is 9.91. The van der Waals surface area contributed by atoms with E-state index in [0.717, 1.165) is 5.56 Å². The summed E-state index contributed by atoms with van der Waals surface area (Å²) in [4.78, 5) is 19.5. The molecular weight excluding hydrogens is 200 g/mol. The minimum absolute atomic E-state index is 0.0285. The molecule has 0 saturated heterocycles. The summed E-state index contributed by atoms with van der Waals surface area (Å²) < 4.78 is 0. The Morgan fingerprint density at radius 2 is 1.50 bits per heavy atom. The zero-order valence-electron chi connectivity index (χ0n) is 8.58. The van der Waals surface area contributed by atoms with Crippen LogP contribution in [0.15, 0.2) is 55.1 Å². The van der Waals surface area contributed by atoms with Gasteiger partial charge in [-0.2, -0.15) is 0 Å². The fourth-order valence-corrected chi connectivity index (χ4v) is 1.26. The van der Waals surface area contributed by atoms with Crippen molar-refractivity contribution in [3.05, 3.63) is 66.3 Å². The van der Waals surface area contributed by atoms with Gasteiger partial charge < -0.3 is 0 Å². The molecule has 0 aromatic carbocycles. The van der Waals surface area contributed by atoms with Crippen molar-refractivity contribution in [2.75, 3.05) is 0 Å². The Morgan fingerprint density at radius 1 is 0.938 bits per heavy atom. The summed E-state index contributed by atoms with van der Waals surface area (Å²) in [5.74, 6) is -0.0285. The molecule has 2 aromatic rings. The number of carbonyl (C=O) groups excluding carboxylic acids is 1. The summed E-state index contributed by atoms with van der Waals surface area (Å²) in [5.41, 5.74) is 1.60. The smallest absolute Gasteiger partial charge is 0.185 e.